The molecule has 3 aliphatic carbocycles. The number of hydrogen-bond donors (Lipinski definition) is 1. The summed E-state index contributed by atoms with van der Waals surface area (Å²) >= 11 is 0. The highest BCUT2D eigenvalue weighted by molar-refractivity contribution is 5.72. The minimum atomic E-state index is 0.0105. The molecule has 0 amide bonds. The molecule has 1 N–H and O–H groups in total. The van der Waals surface area contributed by atoms with Gasteiger partial charge >= 0.3 is 5.97 Å². The van der Waals surface area contributed by atoms with Gasteiger partial charge < -0.3 is 10.1 Å². The molecule has 0 aromatic rings. The maximum Gasteiger partial charge on any atom is 0.309 e. The Morgan fingerprint density at radius 1 is 0.875 bits per heavy atom. The van der Waals surface area contributed by atoms with Gasteiger partial charge in [0, 0.05) is 29.8 Å². The molecule has 4 aliphatic rings. The van der Waals surface area contributed by atoms with Crippen LogP contribution >= 0.6 is 0 Å². The molecule has 0 bridgehead atoms. The van der Waals surface area contributed by atoms with Crippen LogP contribution in [0.25, 0.3) is 0 Å². The smallest absolute Gasteiger partial charge is 0.309 e. The molecular weight excluding hydrogens is 394 g/mol. The van der Waals surface area contributed by atoms with E-state index in [9.17, 15) is 4.79 Å². The number of esters is 1. The van der Waals surface area contributed by atoms with Crippen LogP contribution in [0.5, 0.6) is 0 Å². The normalized spacial score (nSPS) is 32.9. The highest BCUT2D eigenvalue weighted by Crippen LogP contribution is 2.41. The van der Waals surface area contributed by atoms with Crippen LogP contribution < -0.4 is 5.32 Å². The van der Waals surface area contributed by atoms with Crippen molar-refractivity contribution in [3.63, 3.8) is 0 Å². The molecule has 176 valence electrons. The molecule has 0 spiro atoms. The van der Waals surface area contributed by atoms with E-state index in [4.69, 9.17) is 4.74 Å². The summed E-state index contributed by atoms with van der Waals surface area (Å²) in [5, 5.41) is 3.68. The Bertz CT molecular complexity index is 760. The highest BCUT2D eigenvalue weighted by Gasteiger charge is 2.40. The fourth-order valence-electron chi connectivity index (χ4n) is 6.81. The maximum absolute atomic E-state index is 12.9. The van der Waals surface area contributed by atoms with E-state index >= 15 is 0 Å². The second-order valence-electron chi connectivity index (χ2n) is 12.0. The number of allylic oxidation sites excluding steroid dienone is 8. The van der Waals surface area contributed by atoms with E-state index in [1.54, 1.807) is 5.57 Å². The van der Waals surface area contributed by atoms with E-state index in [-0.39, 0.29) is 29.1 Å². The van der Waals surface area contributed by atoms with E-state index in [1.165, 1.54) is 32.1 Å². The Hall–Kier alpha value is -1.61. The molecule has 0 aromatic heterocycles. The predicted molar refractivity (Wildman–Crippen MR) is 132 cm³/mol. The lowest BCUT2D eigenvalue weighted by Crippen LogP contribution is -2.59. The first-order valence-electron chi connectivity index (χ1n) is 12.9. The summed E-state index contributed by atoms with van der Waals surface area (Å²) in [7, 11) is 0. The van der Waals surface area contributed by atoms with Crippen LogP contribution in [0, 0.1) is 23.7 Å². The van der Waals surface area contributed by atoms with Gasteiger partial charge in [0.15, 0.2) is 0 Å². The molecular formula is C29H43NO2. The average Bonchev–Trinajstić information content (AvgIpc) is 3.01. The number of rotatable bonds is 4. The molecule has 1 saturated carbocycles. The minimum Gasteiger partial charge on any atom is -0.462 e. The molecule has 1 aliphatic heterocycles. The van der Waals surface area contributed by atoms with Gasteiger partial charge in [-0.25, -0.2) is 0 Å². The monoisotopic (exact) mass is 437 g/mol. The summed E-state index contributed by atoms with van der Waals surface area (Å²) in [5.41, 5.74) is 1.61. The lowest BCUT2D eigenvalue weighted by molar-refractivity contribution is -0.159. The zero-order chi connectivity index (χ0) is 22.8. The van der Waals surface area contributed by atoms with Crippen LogP contribution in [0.1, 0.15) is 85.5 Å². The Labute approximate surface area is 195 Å². The van der Waals surface area contributed by atoms with E-state index in [0.29, 0.717) is 5.92 Å². The number of nitrogens with one attached hydrogen (secondary N) is 1. The SMILES string of the molecule is CC1(C)CC(OC(=O)C2CCC(C3CC=C(C4C=CC=CC=C4)CC3)CC2)CC(C)(C)N1. The number of carbonyl (C=O) groups excluding carboxylic acids is 1. The van der Waals surface area contributed by atoms with Gasteiger partial charge in [-0.1, -0.05) is 48.1 Å². The number of hydrogen-bond acceptors (Lipinski definition) is 3. The van der Waals surface area contributed by atoms with Gasteiger partial charge in [-0.3, -0.25) is 4.79 Å². The quantitative estimate of drug-likeness (QED) is 0.394. The molecule has 4 rings (SSSR count). The van der Waals surface area contributed by atoms with Gasteiger partial charge in [-0.15, -0.1) is 0 Å². The third-order valence-corrected chi connectivity index (χ3v) is 8.09. The number of ether oxygens (including phenoxy) is 1. The van der Waals surface area contributed by atoms with Crippen molar-refractivity contribution < 1.29 is 9.53 Å². The van der Waals surface area contributed by atoms with Gasteiger partial charge in [0.2, 0.25) is 0 Å². The van der Waals surface area contributed by atoms with Crippen molar-refractivity contribution in [3.8, 4) is 0 Å². The number of piperidine rings is 1. The highest BCUT2D eigenvalue weighted by atomic mass is 16.5. The molecule has 0 radical (unpaired) electrons. The molecule has 2 fully saturated rings. The summed E-state index contributed by atoms with van der Waals surface area (Å²) in [4.78, 5) is 12.9. The first-order chi connectivity index (χ1) is 15.2. The molecule has 1 atom stereocenters. The minimum absolute atomic E-state index is 0.0105. The van der Waals surface area contributed by atoms with Crippen molar-refractivity contribution in [1.29, 1.82) is 0 Å². The molecule has 32 heavy (non-hydrogen) atoms. The van der Waals surface area contributed by atoms with Gasteiger partial charge in [-0.05, 0) is 84.5 Å². The van der Waals surface area contributed by atoms with E-state index in [2.05, 4.69) is 75.5 Å². The van der Waals surface area contributed by atoms with Gasteiger partial charge in [0.1, 0.15) is 6.10 Å². The fourth-order valence-corrected chi connectivity index (χ4v) is 6.81. The van der Waals surface area contributed by atoms with Crippen molar-refractivity contribution in [2.24, 2.45) is 23.7 Å². The molecule has 0 aromatic carbocycles. The number of carbonyl (C=O) groups is 1. The zero-order valence-corrected chi connectivity index (χ0v) is 20.6. The third kappa shape index (κ3) is 6.04. The second-order valence-corrected chi connectivity index (χ2v) is 12.0. The van der Waals surface area contributed by atoms with Crippen LogP contribution in [-0.2, 0) is 9.53 Å². The van der Waals surface area contributed by atoms with Crippen LogP contribution in [-0.4, -0.2) is 23.2 Å². The Balaban J connectivity index is 1.24. The second kappa shape index (κ2) is 9.71. The van der Waals surface area contributed by atoms with Crippen LogP contribution in [0.15, 0.2) is 48.1 Å². The molecule has 3 nitrogen and oxygen atoms in total. The summed E-state index contributed by atoms with van der Waals surface area (Å²) in [5.74, 6) is 2.21. The Morgan fingerprint density at radius 2 is 1.50 bits per heavy atom. The standard InChI is InChI=1S/C29H43NO2/c1-28(2)19-26(20-29(3,4)30-28)32-27(31)25-17-15-24(16-18-25)23-13-11-22(12-14-23)21-9-7-5-6-8-10-21/h5-11,21,23-26,30H,12-20H2,1-4H3. The molecule has 3 heteroatoms. The van der Waals surface area contributed by atoms with Crippen molar-refractivity contribution in [2.75, 3.05) is 0 Å². The van der Waals surface area contributed by atoms with Gasteiger partial charge in [0.05, 0.1) is 5.92 Å². The first-order valence-corrected chi connectivity index (χ1v) is 12.9. The summed E-state index contributed by atoms with van der Waals surface area (Å²) in [6.45, 7) is 8.85. The Morgan fingerprint density at radius 3 is 2.06 bits per heavy atom. The van der Waals surface area contributed by atoms with E-state index in [1.807, 2.05) is 0 Å². The largest absolute Gasteiger partial charge is 0.462 e. The van der Waals surface area contributed by atoms with Crippen LogP contribution in [0.4, 0.5) is 0 Å². The summed E-state index contributed by atoms with van der Waals surface area (Å²) in [6.07, 6.45) is 25.6. The van der Waals surface area contributed by atoms with Crippen molar-refractivity contribution in [3.05, 3.63) is 48.1 Å². The van der Waals surface area contributed by atoms with Crippen molar-refractivity contribution in [2.45, 2.75) is 103 Å². The fraction of sp³-hybridized carbons (Fsp3) is 0.690. The average molecular weight is 438 g/mol. The van der Waals surface area contributed by atoms with Crippen molar-refractivity contribution in [1.82, 2.24) is 5.32 Å². The van der Waals surface area contributed by atoms with Crippen LogP contribution in [0.2, 0.25) is 0 Å². The van der Waals surface area contributed by atoms with E-state index < -0.39 is 0 Å². The maximum atomic E-state index is 12.9. The van der Waals surface area contributed by atoms with Crippen molar-refractivity contribution >= 4 is 5.97 Å². The lowest BCUT2D eigenvalue weighted by atomic mass is 9.70. The van der Waals surface area contributed by atoms with E-state index in [0.717, 1.165) is 37.5 Å². The lowest BCUT2D eigenvalue weighted by Gasteiger charge is -2.46. The molecule has 1 heterocycles. The molecule has 1 unspecified atom stereocenters. The van der Waals surface area contributed by atoms with Crippen LogP contribution in [0.3, 0.4) is 0 Å². The Kier molecular flexibility index (Phi) is 7.14. The molecule has 1 saturated heterocycles. The zero-order valence-electron chi connectivity index (χ0n) is 20.6. The van der Waals surface area contributed by atoms with Gasteiger partial charge in [0.25, 0.3) is 0 Å². The van der Waals surface area contributed by atoms with Gasteiger partial charge in [-0.2, -0.15) is 0 Å². The summed E-state index contributed by atoms with van der Waals surface area (Å²) in [6, 6.07) is 0. The third-order valence-electron chi connectivity index (χ3n) is 8.09. The summed E-state index contributed by atoms with van der Waals surface area (Å²) < 4.78 is 6.07. The first kappa shape index (κ1) is 23.5. The predicted octanol–water partition coefficient (Wildman–Crippen LogP) is 6.67. The topological polar surface area (TPSA) is 38.3 Å².